The number of hydrogen-bond donors (Lipinski definition) is 1. The summed E-state index contributed by atoms with van der Waals surface area (Å²) in [6, 6.07) is 20.8. The summed E-state index contributed by atoms with van der Waals surface area (Å²) < 4.78 is 24.1. The van der Waals surface area contributed by atoms with Gasteiger partial charge in [0.1, 0.15) is 18.2 Å². The molecule has 0 bridgehead atoms. The number of nitrogens with one attached hydrogen (secondary N) is 1. The van der Waals surface area contributed by atoms with Crippen molar-refractivity contribution in [1.82, 2.24) is 5.32 Å². The molecule has 1 aliphatic carbocycles. The van der Waals surface area contributed by atoms with Crippen LogP contribution < -0.4 is 10.1 Å². The van der Waals surface area contributed by atoms with Crippen molar-refractivity contribution < 1.29 is 18.7 Å². The molecule has 4 rings (SSSR count). The molecule has 0 aromatic heterocycles. The number of benzene rings is 3. The van der Waals surface area contributed by atoms with E-state index in [-0.39, 0.29) is 18.3 Å². The van der Waals surface area contributed by atoms with Crippen molar-refractivity contribution in [3.8, 4) is 16.9 Å². The predicted octanol–water partition coefficient (Wildman–Crippen LogP) is 5.78. The summed E-state index contributed by atoms with van der Waals surface area (Å²) in [5.41, 5.74) is 5.42. The minimum atomic E-state index is -0.446. The molecule has 1 aliphatic rings. The Balaban J connectivity index is 1.28. The number of ether oxygens (including phenoxy) is 2. The van der Waals surface area contributed by atoms with Gasteiger partial charge in [-0.3, -0.25) is 0 Å². The summed E-state index contributed by atoms with van der Waals surface area (Å²) in [5.74, 6) is 0.317. The molecule has 0 saturated carbocycles. The lowest BCUT2D eigenvalue weighted by Crippen LogP contribution is -2.26. The number of methoxy groups -OCH3 is 1. The van der Waals surface area contributed by atoms with Crippen LogP contribution in [0, 0.1) is 5.82 Å². The van der Waals surface area contributed by atoms with Crippen molar-refractivity contribution in [3.63, 3.8) is 0 Å². The van der Waals surface area contributed by atoms with Gasteiger partial charge in [0, 0.05) is 18.0 Å². The molecule has 5 heteroatoms. The zero-order valence-corrected chi connectivity index (χ0v) is 17.3. The van der Waals surface area contributed by atoms with Gasteiger partial charge in [0.2, 0.25) is 0 Å². The molecule has 158 valence electrons. The second kappa shape index (κ2) is 9.47. The van der Waals surface area contributed by atoms with Gasteiger partial charge in [-0.05, 0) is 46.9 Å². The lowest BCUT2D eigenvalue weighted by atomic mass is 9.98. The number of carbonyl (C=O) groups is 1. The highest BCUT2D eigenvalue weighted by molar-refractivity contribution is 5.79. The fourth-order valence-corrected chi connectivity index (χ4v) is 3.95. The lowest BCUT2D eigenvalue weighted by Gasteiger charge is -2.14. The first-order valence-corrected chi connectivity index (χ1v) is 10.3. The second-order valence-corrected chi connectivity index (χ2v) is 7.33. The number of rotatable bonds is 7. The number of carbonyl (C=O) groups excluding carboxylic acids is 1. The van der Waals surface area contributed by atoms with E-state index in [0.717, 1.165) is 0 Å². The molecular weight excluding hydrogens is 393 g/mol. The molecule has 1 amide bonds. The average Bonchev–Trinajstić information content (AvgIpc) is 3.11. The minimum Gasteiger partial charge on any atom is -0.496 e. The van der Waals surface area contributed by atoms with Crippen LogP contribution in [0.4, 0.5) is 9.18 Å². The topological polar surface area (TPSA) is 47.6 Å². The smallest absolute Gasteiger partial charge is 0.407 e. The highest BCUT2D eigenvalue weighted by Gasteiger charge is 2.28. The average molecular weight is 417 g/mol. The SMILES string of the molecule is COc1ccc(F)cc1C=CCCNC(=O)OCC1c2ccccc2-c2ccccc21. The Bertz CT molecular complexity index is 1060. The molecule has 0 fully saturated rings. The van der Waals surface area contributed by atoms with Gasteiger partial charge in [-0.25, -0.2) is 9.18 Å². The largest absolute Gasteiger partial charge is 0.496 e. The van der Waals surface area contributed by atoms with Crippen LogP contribution in [-0.4, -0.2) is 26.4 Å². The van der Waals surface area contributed by atoms with Crippen LogP contribution in [0.15, 0.2) is 72.8 Å². The Kier molecular flexibility index (Phi) is 6.32. The van der Waals surface area contributed by atoms with Gasteiger partial charge < -0.3 is 14.8 Å². The standard InChI is InChI=1S/C26H24FNO3/c1-30-25-14-13-19(27)16-18(25)8-6-7-15-28-26(29)31-17-24-22-11-4-2-9-20(22)21-10-3-5-12-23(21)24/h2-6,8-14,16,24H,7,15,17H2,1H3,(H,28,29). The van der Waals surface area contributed by atoms with Gasteiger partial charge >= 0.3 is 6.09 Å². The first-order chi connectivity index (χ1) is 15.2. The normalized spacial score (nSPS) is 12.5. The number of fused-ring (bicyclic) bond motifs is 3. The van der Waals surface area contributed by atoms with E-state index in [1.807, 2.05) is 30.3 Å². The summed E-state index contributed by atoms with van der Waals surface area (Å²) in [6.07, 6.45) is 3.78. The quantitative estimate of drug-likeness (QED) is 0.496. The Morgan fingerprint density at radius 1 is 1.03 bits per heavy atom. The molecule has 3 aromatic rings. The summed E-state index contributed by atoms with van der Waals surface area (Å²) in [7, 11) is 1.54. The van der Waals surface area contributed by atoms with E-state index < -0.39 is 6.09 Å². The maximum Gasteiger partial charge on any atom is 0.407 e. The van der Waals surface area contributed by atoms with Gasteiger partial charge in [-0.2, -0.15) is 0 Å². The molecule has 0 saturated heterocycles. The zero-order valence-electron chi connectivity index (χ0n) is 17.3. The highest BCUT2D eigenvalue weighted by atomic mass is 19.1. The van der Waals surface area contributed by atoms with Crippen LogP contribution in [0.3, 0.4) is 0 Å². The molecule has 0 heterocycles. The van der Waals surface area contributed by atoms with Crippen molar-refractivity contribution >= 4 is 12.2 Å². The predicted molar refractivity (Wildman–Crippen MR) is 120 cm³/mol. The van der Waals surface area contributed by atoms with Crippen LogP contribution in [0.25, 0.3) is 17.2 Å². The first kappa shape index (κ1) is 20.7. The molecule has 4 nitrogen and oxygen atoms in total. The van der Waals surface area contributed by atoms with E-state index in [0.29, 0.717) is 24.3 Å². The number of amides is 1. The summed E-state index contributed by atoms with van der Waals surface area (Å²) in [6.45, 7) is 0.709. The third-order valence-corrected chi connectivity index (χ3v) is 5.41. The molecule has 1 N–H and O–H groups in total. The van der Waals surface area contributed by atoms with Gasteiger partial charge in [0.15, 0.2) is 0 Å². The number of alkyl carbamates (subject to hydrolysis) is 1. The Morgan fingerprint density at radius 3 is 2.39 bits per heavy atom. The monoisotopic (exact) mass is 417 g/mol. The molecule has 0 unspecified atom stereocenters. The maximum absolute atomic E-state index is 13.4. The number of halogens is 1. The molecule has 3 aromatic carbocycles. The van der Waals surface area contributed by atoms with Gasteiger partial charge in [0.05, 0.1) is 7.11 Å². The maximum atomic E-state index is 13.4. The zero-order chi connectivity index (χ0) is 21.6. The van der Waals surface area contributed by atoms with Crippen LogP contribution >= 0.6 is 0 Å². The molecule has 0 radical (unpaired) electrons. The number of hydrogen-bond acceptors (Lipinski definition) is 3. The van der Waals surface area contributed by atoms with Crippen LogP contribution in [-0.2, 0) is 4.74 Å². The van der Waals surface area contributed by atoms with E-state index in [1.165, 1.54) is 34.4 Å². The summed E-state index contributed by atoms with van der Waals surface area (Å²) >= 11 is 0. The van der Waals surface area contributed by atoms with E-state index >= 15 is 0 Å². The van der Waals surface area contributed by atoms with Crippen molar-refractivity contribution in [2.24, 2.45) is 0 Å². The third kappa shape index (κ3) is 4.61. The minimum absolute atomic E-state index is 0.0403. The lowest BCUT2D eigenvalue weighted by molar-refractivity contribution is 0.143. The van der Waals surface area contributed by atoms with Crippen molar-refractivity contribution in [3.05, 3.63) is 95.3 Å². The Labute approximate surface area is 181 Å². The van der Waals surface area contributed by atoms with Crippen LogP contribution in [0.5, 0.6) is 5.75 Å². The van der Waals surface area contributed by atoms with Gasteiger partial charge in [0.25, 0.3) is 0 Å². The van der Waals surface area contributed by atoms with Crippen molar-refractivity contribution in [1.29, 1.82) is 0 Å². The highest BCUT2D eigenvalue weighted by Crippen LogP contribution is 2.44. The molecule has 0 aliphatic heterocycles. The second-order valence-electron chi connectivity index (χ2n) is 7.33. The third-order valence-electron chi connectivity index (χ3n) is 5.41. The summed E-state index contributed by atoms with van der Waals surface area (Å²) in [4.78, 5) is 12.2. The van der Waals surface area contributed by atoms with Gasteiger partial charge in [-0.15, -0.1) is 0 Å². The van der Waals surface area contributed by atoms with Crippen molar-refractivity contribution in [2.45, 2.75) is 12.3 Å². The molecule has 31 heavy (non-hydrogen) atoms. The molecular formula is C26H24FNO3. The van der Waals surface area contributed by atoms with E-state index in [1.54, 1.807) is 19.3 Å². The van der Waals surface area contributed by atoms with Crippen LogP contribution in [0.2, 0.25) is 0 Å². The van der Waals surface area contributed by atoms with E-state index in [2.05, 4.69) is 29.6 Å². The van der Waals surface area contributed by atoms with Gasteiger partial charge in [-0.1, -0.05) is 60.7 Å². The fraction of sp³-hybridized carbons (Fsp3) is 0.192. The molecule has 0 spiro atoms. The first-order valence-electron chi connectivity index (χ1n) is 10.3. The fourth-order valence-electron chi connectivity index (χ4n) is 3.95. The Hall–Kier alpha value is -3.60. The van der Waals surface area contributed by atoms with Crippen molar-refractivity contribution in [2.75, 3.05) is 20.3 Å². The molecule has 0 atom stereocenters. The van der Waals surface area contributed by atoms with E-state index in [9.17, 15) is 9.18 Å². The van der Waals surface area contributed by atoms with E-state index in [4.69, 9.17) is 9.47 Å². The van der Waals surface area contributed by atoms with Crippen LogP contribution in [0.1, 0.15) is 29.0 Å². The summed E-state index contributed by atoms with van der Waals surface area (Å²) in [5, 5.41) is 2.76. The Morgan fingerprint density at radius 2 is 1.71 bits per heavy atom.